The zero-order valence-electron chi connectivity index (χ0n) is 13.2. The second-order valence-electron chi connectivity index (χ2n) is 4.98. The zero-order valence-corrected chi connectivity index (χ0v) is 15.6. The molecule has 1 N–H and O–H groups in total. The molecule has 12 heteroatoms. The van der Waals surface area contributed by atoms with E-state index in [0.29, 0.717) is 0 Å². The first-order valence-corrected chi connectivity index (χ1v) is 10.4. The summed E-state index contributed by atoms with van der Waals surface area (Å²) in [7, 11) is -7.99. The Balaban J connectivity index is 2.32. The van der Waals surface area contributed by atoms with Crippen molar-refractivity contribution in [2.24, 2.45) is 0 Å². The maximum atomic E-state index is 12.4. The average molecular weight is 428 g/mol. The van der Waals surface area contributed by atoms with Gasteiger partial charge in [0.25, 0.3) is 15.7 Å². The largest absolute Gasteiger partial charge is 0.289 e. The molecular weight excluding hydrogens is 418 g/mol. The van der Waals surface area contributed by atoms with Gasteiger partial charge in [0.1, 0.15) is 5.02 Å². The molecule has 0 aliphatic rings. The monoisotopic (exact) mass is 427 g/mol. The summed E-state index contributed by atoms with van der Waals surface area (Å²) >= 11 is 5.66. The molecule has 0 unspecified atom stereocenters. The minimum absolute atomic E-state index is 0.0378. The van der Waals surface area contributed by atoms with E-state index in [-0.39, 0.29) is 20.5 Å². The number of nitrogens with zero attached hydrogens (tertiary/aromatic N) is 2. The lowest BCUT2D eigenvalue weighted by atomic mass is 10.3. The van der Waals surface area contributed by atoms with E-state index in [0.717, 1.165) is 41.8 Å². The van der Waals surface area contributed by atoms with Crippen LogP contribution in [-0.4, -0.2) is 21.8 Å². The van der Waals surface area contributed by atoms with Crippen LogP contribution in [0, 0.1) is 21.4 Å². The van der Waals surface area contributed by atoms with Crippen LogP contribution in [-0.2, 0) is 19.9 Å². The standard InChI is InChI=1S/C15H10ClN3O6S2/c16-14-7-6-13(10-15(14)19(20)21)27(24,25)18-11-2-4-12(5-3-11)26(22,23)9-1-8-17/h1-7,9-10,18H. The number of sulfonamides is 1. The van der Waals surface area contributed by atoms with Gasteiger partial charge in [0, 0.05) is 23.2 Å². The molecule has 0 saturated carbocycles. The van der Waals surface area contributed by atoms with Gasteiger partial charge in [0.15, 0.2) is 0 Å². The van der Waals surface area contributed by atoms with E-state index in [1.807, 2.05) is 0 Å². The van der Waals surface area contributed by atoms with Crippen molar-refractivity contribution >= 4 is 42.8 Å². The van der Waals surface area contributed by atoms with Crippen LogP contribution in [0.2, 0.25) is 5.02 Å². The molecule has 140 valence electrons. The van der Waals surface area contributed by atoms with Crippen LogP contribution >= 0.6 is 11.6 Å². The second-order valence-corrected chi connectivity index (χ2v) is 8.90. The van der Waals surface area contributed by atoms with Crippen molar-refractivity contribution in [1.29, 1.82) is 5.26 Å². The highest BCUT2D eigenvalue weighted by molar-refractivity contribution is 7.94. The summed E-state index contributed by atoms with van der Waals surface area (Å²) in [5.41, 5.74) is -0.527. The molecule has 0 aliphatic heterocycles. The first-order chi connectivity index (χ1) is 12.6. The van der Waals surface area contributed by atoms with Gasteiger partial charge in [0.05, 0.1) is 20.8 Å². The number of nitrogens with one attached hydrogen (secondary N) is 1. The van der Waals surface area contributed by atoms with Crippen LogP contribution in [0.4, 0.5) is 11.4 Å². The van der Waals surface area contributed by atoms with Gasteiger partial charge in [-0.05, 0) is 36.4 Å². The fraction of sp³-hybridized carbons (Fsp3) is 0. The normalized spacial score (nSPS) is 11.9. The van der Waals surface area contributed by atoms with Gasteiger partial charge in [-0.3, -0.25) is 14.8 Å². The lowest BCUT2D eigenvalue weighted by Crippen LogP contribution is -2.13. The number of nitro benzene ring substituents is 1. The summed E-state index contributed by atoms with van der Waals surface area (Å²) in [5, 5.41) is 19.8. The maximum Gasteiger partial charge on any atom is 0.289 e. The summed E-state index contributed by atoms with van der Waals surface area (Å²) in [6.45, 7) is 0. The lowest BCUT2D eigenvalue weighted by molar-refractivity contribution is -0.384. The van der Waals surface area contributed by atoms with E-state index < -0.39 is 30.5 Å². The van der Waals surface area contributed by atoms with E-state index in [1.54, 1.807) is 6.07 Å². The summed E-state index contributed by atoms with van der Waals surface area (Å²) < 4.78 is 50.7. The molecule has 0 aromatic heterocycles. The van der Waals surface area contributed by atoms with Crippen molar-refractivity contribution in [3.05, 3.63) is 69.1 Å². The fourth-order valence-corrected chi connectivity index (χ4v) is 4.10. The fourth-order valence-electron chi connectivity index (χ4n) is 1.92. The Kier molecular flexibility index (Phi) is 5.85. The molecule has 2 aromatic rings. The van der Waals surface area contributed by atoms with Gasteiger partial charge < -0.3 is 0 Å². The highest BCUT2D eigenvalue weighted by Crippen LogP contribution is 2.28. The molecule has 0 heterocycles. The number of hydrogen-bond acceptors (Lipinski definition) is 7. The molecule has 0 bridgehead atoms. The predicted molar refractivity (Wildman–Crippen MR) is 97.3 cm³/mol. The Labute approximate surface area is 159 Å². The summed E-state index contributed by atoms with van der Waals surface area (Å²) in [5.74, 6) is 0. The summed E-state index contributed by atoms with van der Waals surface area (Å²) in [6, 6.07) is 9.28. The molecule has 27 heavy (non-hydrogen) atoms. The minimum atomic E-state index is -4.17. The average Bonchev–Trinajstić information content (AvgIpc) is 2.60. The Bertz CT molecular complexity index is 1170. The molecule has 0 atom stereocenters. The number of anilines is 1. The zero-order chi connectivity index (χ0) is 20.2. The first-order valence-electron chi connectivity index (χ1n) is 6.95. The van der Waals surface area contributed by atoms with Crippen molar-refractivity contribution in [1.82, 2.24) is 0 Å². The van der Waals surface area contributed by atoms with Gasteiger partial charge >= 0.3 is 0 Å². The Morgan fingerprint density at radius 1 is 1.07 bits per heavy atom. The second kappa shape index (κ2) is 7.75. The Morgan fingerprint density at radius 3 is 2.22 bits per heavy atom. The molecule has 0 saturated heterocycles. The van der Waals surface area contributed by atoms with Crippen LogP contribution in [0.1, 0.15) is 0 Å². The molecule has 0 amide bonds. The topological polar surface area (TPSA) is 147 Å². The van der Waals surface area contributed by atoms with Gasteiger partial charge in [-0.1, -0.05) is 11.6 Å². The highest BCUT2D eigenvalue weighted by atomic mass is 35.5. The molecule has 0 fully saturated rings. The molecule has 0 aliphatic carbocycles. The van der Waals surface area contributed by atoms with Crippen molar-refractivity contribution in [2.75, 3.05) is 4.72 Å². The predicted octanol–water partition coefficient (Wildman–Crippen LogP) is 2.86. The Morgan fingerprint density at radius 2 is 1.67 bits per heavy atom. The number of sulfone groups is 1. The number of halogens is 1. The minimum Gasteiger partial charge on any atom is -0.280 e. The van der Waals surface area contributed by atoms with E-state index in [4.69, 9.17) is 16.9 Å². The number of hydrogen-bond donors (Lipinski definition) is 1. The van der Waals surface area contributed by atoms with E-state index >= 15 is 0 Å². The van der Waals surface area contributed by atoms with E-state index in [2.05, 4.69) is 4.72 Å². The van der Waals surface area contributed by atoms with Gasteiger partial charge in [-0.25, -0.2) is 16.8 Å². The third-order valence-electron chi connectivity index (χ3n) is 3.18. The maximum absolute atomic E-state index is 12.4. The van der Waals surface area contributed by atoms with Gasteiger partial charge in [-0.2, -0.15) is 5.26 Å². The van der Waals surface area contributed by atoms with E-state index in [9.17, 15) is 26.9 Å². The molecule has 2 aromatic carbocycles. The third kappa shape index (κ3) is 4.82. The van der Waals surface area contributed by atoms with Crippen molar-refractivity contribution in [3.63, 3.8) is 0 Å². The van der Waals surface area contributed by atoms with Crippen LogP contribution < -0.4 is 4.72 Å². The van der Waals surface area contributed by atoms with Gasteiger partial charge in [-0.15, -0.1) is 0 Å². The Hall–Kier alpha value is -2.94. The quantitative estimate of drug-likeness (QED) is 0.423. The molecule has 9 nitrogen and oxygen atoms in total. The smallest absolute Gasteiger partial charge is 0.280 e. The van der Waals surface area contributed by atoms with Gasteiger partial charge in [0.2, 0.25) is 9.84 Å². The highest BCUT2D eigenvalue weighted by Gasteiger charge is 2.21. The molecule has 0 radical (unpaired) electrons. The lowest BCUT2D eigenvalue weighted by Gasteiger charge is -2.09. The SMILES string of the molecule is N#CC=CS(=O)(=O)c1ccc(NS(=O)(=O)c2ccc(Cl)c([N+](=O)[O-])c2)cc1. The number of nitro groups is 1. The van der Waals surface area contributed by atoms with Crippen LogP contribution in [0.3, 0.4) is 0 Å². The third-order valence-corrected chi connectivity index (χ3v) is 6.30. The number of rotatable bonds is 6. The van der Waals surface area contributed by atoms with Crippen LogP contribution in [0.5, 0.6) is 0 Å². The van der Waals surface area contributed by atoms with Crippen molar-refractivity contribution in [2.45, 2.75) is 9.79 Å². The number of benzene rings is 2. The summed E-state index contributed by atoms with van der Waals surface area (Å²) in [6.07, 6.45) is 0.805. The van der Waals surface area contributed by atoms with Crippen LogP contribution in [0.25, 0.3) is 0 Å². The number of nitriles is 1. The summed E-state index contributed by atoms with van der Waals surface area (Å²) in [4.78, 5) is 9.56. The first kappa shape index (κ1) is 20.4. The molecule has 2 rings (SSSR count). The number of allylic oxidation sites excluding steroid dienone is 1. The molecule has 0 spiro atoms. The van der Waals surface area contributed by atoms with E-state index in [1.165, 1.54) is 12.1 Å². The van der Waals surface area contributed by atoms with Crippen LogP contribution in [0.15, 0.2) is 63.7 Å². The van der Waals surface area contributed by atoms with Crippen molar-refractivity contribution < 1.29 is 21.8 Å². The van der Waals surface area contributed by atoms with Crippen molar-refractivity contribution in [3.8, 4) is 6.07 Å². The molecular formula is C15H10ClN3O6S2.